The second-order valence-electron chi connectivity index (χ2n) is 5.42. The average Bonchev–Trinajstić information content (AvgIpc) is 2.95. The molecule has 1 aromatic carbocycles. The molecule has 1 atom stereocenters. The first-order valence-corrected chi connectivity index (χ1v) is 7.14. The Morgan fingerprint density at radius 3 is 2.40 bits per heavy atom. The Bertz CT molecular complexity index is 475. The van der Waals surface area contributed by atoms with E-state index in [2.05, 4.69) is 5.32 Å². The lowest BCUT2D eigenvalue weighted by molar-refractivity contribution is -0.157. The number of aryl methyl sites for hydroxylation is 1. The summed E-state index contributed by atoms with van der Waals surface area (Å²) in [5.74, 6) is -0.557. The molecule has 1 aliphatic carbocycles. The van der Waals surface area contributed by atoms with Crippen LogP contribution in [0.25, 0.3) is 0 Å². The number of nitrogens with one attached hydrogen (secondary N) is 1. The largest absolute Gasteiger partial charge is 0.452 e. The molecule has 0 aromatic heterocycles. The number of ether oxygens (including phenoxy) is 1. The summed E-state index contributed by atoms with van der Waals surface area (Å²) in [5, 5.41) is 2.75. The van der Waals surface area contributed by atoms with Gasteiger partial charge in [-0.25, -0.2) is 0 Å². The molecule has 4 heteroatoms. The first-order valence-electron chi connectivity index (χ1n) is 7.14. The van der Waals surface area contributed by atoms with Gasteiger partial charge in [-0.15, -0.1) is 0 Å². The van der Waals surface area contributed by atoms with Gasteiger partial charge in [0.1, 0.15) is 0 Å². The molecule has 0 saturated heterocycles. The van der Waals surface area contributed by atoms with Crippen LogP contribution in [0.4, 0.5) is 5.69 Å². The quantitative estimate of drug-likeness (QED) is 0.859. The van der Waals surface area contributed by atoms with Crippen LogP contribution in [0.5, 0.6) is 0 Å². The molecule has 1 fully saturated rings. The van der Waals surface area contributed by atoms with Gasteiger partial charge in [-0.05, 0) is 38.8 Å². The number of amides is 1. The van der Waals surface area contributed by atoms with Crippen LogP contribution in [0.15, 0.2) is 24.3 Å². The fraction of sp³-hybridized carbons (Fsp3) is 0.500. The van der Waals surface area contributed by atoms with Crippen molar-refractivity contribution in [2.45, 2.75) is 45.6 Å². The zero-order chi connectivity index (χ0) is 14.5. The molecule has 2 rings (SSSR count). The molecule has 0 bridgehead atoms. The highest BCUT2D eigenvalue weighted by molar-refractivity contribution is 5.95. The fourth-order valence-electron chi connectivity index (χ4n) is 2.37. The predicted molar refractivity (Wildman–Crippen MR) is 77.3 cm³/mol. The number of hydrogen-bond donors (Lipinski definition) is 1. The van der Waals surface area contributed by atoms with Crippen molar-refractivity contribution in [1.82, 2.24) is 0 Å². The van der Waals surface area contributed by atoms with Crippen molar-refractivity contribution in [2.24, 2.45) is 5.92 Å². The Morgan fingerprint density at radius 2 is 1.80 bits per heavy atom. The molecule has 1 saturated carbocycles. The molecule has 0 radical (unpaired) electrons. The number of hydrogen-bond acceptors (Lipinski definition) is 3. The van der Waals surface area contributed by atoms with Crippen LogP contribution in [0, 0.1) is 12.8 Å². The van der Waals surface area contributed by atoms with E-state index < -0.39 is 6.10 Å². The smallest absolute Gasteiger partial charge is 0.309 e. The molecule has 1 amide bonds. The highest BCUT2D eigenvalue weighted by Crippen LogP contribution is 2.26. The van der Waals surface area contributed by atoms with Gasteiger partial charge >= 0.3 is 5.97 Å². The second-order valence-corrected chi connectivity index (χ2v) is 5.42. The first-order chi connectivity index (χ1) is 9.56. The van der Waals surface area contributed by atoms with Gasteiger partial charge in [-0.3, -0.25) is 9.59 Å². The van der Waals surface area contributed by atoms with Crippen molar-refractivity contribution in [2.75, 3.05) is 5.32 Å². The molecule has 20 heavy (non-hydrogen) atoms. The zero-order valence-corrected chi connectivity index (χ0v) is 12.0. The normalized spacial score (nSPS) is 16.7. The summed E-state index contributed by atoms with van der Waals surface area (Å²) in [6.45, 7) is 3.59. The molecule has 0 spiro atoms. The van der Waals surface area contributed by atoms with Crippen LogP contribution in [-0.2, 0) is 14.3 Å². The molecule has 4 nitrogen and oxygen atoms in total. The fourth-order valence-corrected chi connectivity index (χ4v) is 2.37. The molecular formula is C16H21NO3. The predicted octanol–water partition coefficient (Wildman–Crippen LogP) is 3.06. The third-order valence-electron chi connectivity index (χ3n) is 3.67. The summed E-state index contributed by atoms with van der Waals surface area (Å²) in [7, 11) is 0. The van der Waals surface area contributed by atoms with Gasteiger partial charge in [0.05, 0.1) is 5.92 Å². The van der Waals surface area contributed by atoms with E-state index in [9.17, 15) is 9.59 Å². The van der Waals surface area contributed by atoms with Crippen LogP contribution >= 0.6 is 0 Å². The van der Waals surface area contributed by atoms with Crippen molar-refractivity contribution in [3.8, 4) is 0 Å². The summed E-state index contributed by atoms with van der Waals surface area (Å²) < 4.78 is 5.24. The number of carbonyl (C=O) groups is 2. The van der Waals surface area contributed by atoms with E-state index in [0.29, 0.717) is 5.69 Å². The van der Waals surface area contributed by atoms with Crippen molar-refractivity contribution >= 4 is 17.6 Å². The molecule has 0 aliphatic heterocycles. The highest BCUT2D eigenvalue weighted by atomic mass is 16.5. The van der Waals surface area contributed by atoms with Gasteiger partial charge in [0, 0.05) is 5.69 Å². The van der Waals surface area contributed by atoms with Crippen molar-refractivity contribution in [1.29, 1.82) is 0 Å². The van der Waals surface area contributed by atoms with Gasteiger partial charge in [0.15, 0.2) is 6.10 Å². The summed E-state index contributed by atoms with van der Waals surface area (Å²) in [4.78, 5) is 23.8. The molecule has 1 N–H and O–H groups in total. The molecule has 1 aliphatic rings. The third kappa shape index (κ3) is 3.83. The maximum atomic E-state index is 12.0. The molecule has 0 unspecified atom stereocenters. The maximum absolute atomic E-state index is 12.0. The Balaban J connectivity index is 1.85. The number of esters is 1. The molecule has 0 heterocycles. The summed E-state index contributed by atoms with van der Waals surface area (Å²) >= 11 is 0. The van der Waals surface area contributed by atoms with Crippen molar-refractivity contribution in [3.63, 3.8) is 0 Å². The summed E-state index contributed by atoms with van der Waals surface area (Å²) in [6, 6.07) is 7.51. The average molecular weight is 275 g/mol. The Labute approximate surface area is 119 Å². The minimum atomic E-state index is -0.760. The summed E-state index contributed by atoms with van der Waals surface area (Å²) in [6.07, 6.45) is 3.15. The standard InChI is InChI=1S/C16H21NO3/c1-11-7-9-14(10-8-11)17-15(18)12(2)20-16(19)13-5-3-4-6-13/h7-10,12-13H,3-6H2,1-2H3,(H,17,18)/t12-/m0/s1. The Morgan fingerprint density at radius 1 is 1.20 bits per heavy atom. The van der Waals surface area contributed by atoms with Gasteiger partial charge in [-0.2, -0.15) is 0 Å². The molecule has 108 valence electrons. The van der Waals surface area contributed by atoms with E-state index in [4.69, 9.17) is 4.74 Å². The molecule has 1 aromatic rings. The van der Waals surface area contributed by atoms with Crippen LogP contribution in [0.3, 0.4) is 0 Å². The van der Waals surface area contributed by atoms with Gasteiger partial charge in [0.2, 0.25) is 0 Å². The van der Waals surface area contributed by atoms with Gasteiger partial charge in [0.25, 0.3) is 5.91 Å². The number of rotatable bonds is 4. The summed E-state index contributed by atoms with van der Waals surface area (Å²) in [5.41, 5.74) is 1.84. The van der Waals surface area contributed by atoms with Crippen molar-refractivity contribution in [3.05, 3.63) is 29.8 Å². The van der Waals surface area contributed by atoms with E-state index >= 15 is 0 Å². The van der Waals surface area contributed by atoms with E-state index in [0.717, 1.165) is 31.2 Å². The maximum Gasteiger partial charge on any atom is 0.309 e. The first kappa shape index (κ1) is 14.6. The Hall–Kier alpha value is -1.84. The number of carbonyl (C=O) groups excluding carboxylic acids is 2. The third-order valence-corrected chi connectivity index (χ3v) is 3.67. The second kappa shape index (κ2) is 6.55. The van der Waals surface area contributed by atoms with Crippen LogP contribution in [-0.4, -0.2) is 18.0 Å². The monoisotopic (exact) mass is 275 g/mol. The highest BCUT2D eigenvalue weighted by Gasteiger charge is 2.27. The number of benzene rings is 1. The minimum Gasteiger partial charge on any atom is -0.452 e. The number of anilines is 1. The van der Waals surface area contributed by atoms with Crippen LogP contribution in [0.1, 0.15) is 38.2 Å². The van der Waals surface area contributed by atoms with E-state index in [-0.39, 0.29) is 17.8 Å². The molecular weight excluding hydrogens is 254 g/mol. The minimum absolute atomic E-state index is 0.0235. The Kier molecular flexibility index (Phi) is 4.77. The van der Waals surface area contributed by atoms with E-state index in [1.165, 1.54) is 0 Å². The zero-order valence-electron chi connectivity index (χ0n) is 12.0. The van der Waals surface area contributed by atoms with Gasteiger partial charge < -0.3 is 10.1 Å². The van der Waals surface area contributed by atoms with Crippen LogP contribution in [0.2, 0.25) is 0 Å². The SMILES string of the molecule is Cc1ccc(NC(=O)[C@H](C)OC(=O)C2CCCC2)cc1. The lowest BCUT2D eigenvalue weighted by Gasteiger charge is -2.16. The topological polar surface area (TPSA) is 55.4 Å². The van der Waals surface area contributed by atoms with Crippen LogP contribution < -0.4 is 5.32 Å². The van der Waals surface area contributed by atoms with Crippen molar-refractivity contribution < 1.29 is 14.3 Å². The van der Waals surface area contributed by atoms with E-state index in [1.54, 1.807) is 6.92 Å². The van der Waals surface area contributed by atoms with Gasteiger partial charge in [-0.1, -0.05) is 30.5 Å². The lowest BCUT2D eigenvalue weighted by Crippen LogP contribution is -2.31. The lowest BCUT2D eigenvalue weighted by atomic mass is 10.1. The van der Waals surface area contributed by atoms with E-state index in [1.807, 2.05) is 31.2 Å².